The van der Waals surface area contributed by atoms with Crippen LogP contribution in [0, 0.1) is 18.2 Å². The summed E-state index contributed by atoms with van der Waals surface area (Å²) in [7, 11) is 3.83. The Labute approximate surface area is 84.5 Å². The Morgan fingerprint density at radius 3 is 2.57 bits per heavy atom. The minimum Gasteiger partial charge on any atom is -0.377 e. The maximum absolute atomic E-state index is 13.0. The first-order chi connectivity index (χ1) is 6.56. The van der Waals surface area contributed by atoms with Gasteiger partial charge in [0, 0.05) is 25.7 Å². The highest BCUT2D eigenvalue weighted by Gasteiger charge is 2.10. The van der Waals surface area contributed by atoms with E-state index >= 15 is 0 Å². The summed E-state index contributed by atoms with van der Waals surface area (Å²) >= 11 is 0. The molecule has 0 N–H and O–H groups in total. The minimum absolute atomic E-state index is 0.0666. The van der Waals surface area contributed by atoms with Gasteiger partial charge >= 0.3 is 0 Å². The fourth-order valence-electron chi connectivity index (χ4n) is 1.37. The van der Waals surface area contributed by atoms with Crippen molar-refractivity contribution in [1.82, 2.24) is 0 Å². The van der Waals surface area contributed by atoms with Crippen LogP contribution < -0.4 is 4.90 Å². The van der Waals surface area contributed by atoms with Crippen molar-refractivity contribution < 1.29 is 4.39 Å². The van der Waals surface area contributed by atoms with Crippen molar-refractivity contribution in [3.8, 4) is 12.3 Å². The molecule has 1 aromatic rings. The molecule has 0 radical (unpaired) electrons. The first kappa shape index (κ1) is 10.6. The normalized spacial score (nSPS) is 11.9. The molecule has 1 unspecified atom stereocenters. The Hall–Kier alpha value is -1.49. The average Bonchev–Trinajstić information content (AvgIpc) is 2.16. The largest absolute Gasteiger partial charge is 0.377 e. The summed E-state index contributed by atoms with van der Waals surface area (Å²) in [5.74, 6) is 2.30. The van der Waals surface area contributed by atoms with Crippen molar-refractivity contribution in [2.45, 2.75) is 12.8 Å². The number of hydrogen-bond acceptors (Lipinski definition) is 1. The zero-order valence-electron chi connectivity index (χ0n) is 8.71. The molecule has 74 valence electrons. The molecule has 0 aliphatic rings. The third-order valence-electron chi connectivity index (χ3n) is 2.19. The van der Waals surface area contributed by atoms with E-state index in [4.69, 9.17) is 6.42 Å². The van der Waals surface area contributed by atoms with E-state index in [1.807, 2.05) is 25.9 Å². The summed E-state index contributed by atoms with van der Waals surface area (Å²) in [4.78, 5) is 1.93. The van der Waals surface area contributed by atoms with Crippen molar-refractivity contribution in [3.05, 3.63) is 29.6 Å². The van der Waals surface area contributed by atoms with E-state index in [1.54, 1.807) is 6.07 Å². The van der Waals surface area contributed by atoms with E-state index in [0.29, 0.717) is 0 Å². The average molecular weight is 191 g/mol. The topological polar surface area (TPSA) is 3.24 Å². The highest BCUT2D eigenvalue weighted by atomic mass is 19.1. The van der Waals surface area contributed by atoms with Crippen molar-refractivity contribution >= 4 is 5.69 Å². The number of terminal acetylenes is 1. The van der Waals surface area contributed by atoms with E-state index in [0.717, 1.165) is 11.3 Å². The Kier molecular flexibility index (Phi) is 3.14. The van der Waals surface area contributed by atoms with E-state index < -0.39 is 0 Å². The standard InChI is InChI=1S/C12H14FN/c1-5-9(2)11-8-10(13)6-7-12(11)14(3)4/h1,6-9H,2-4H3. The second-order valence-corrected chi connectivity index (χ2v) is 3.49. The summed E-state index contributed by atoms with van der Waals surface area (Å²) < 4.78 is 13.0. The zero-order valence-corrected chi connectivity index (χ0v) is 8.71. The molecule has 0 aromatic heterocycles. The zero-order chi connectivity index (χ0) is 10.7. The summed E-state index contributed by atoms with van der Waals surface area (Å²) in [6, 6.07) is 4.69. The Morgan fingerprint density at radius 2 is 2.07 bits per heavy atom. The lowest BCUT2D eigenvalue weighted by atomic mass is 9.99. The van der Waals surface area contributed by atoms with E-state index in [9.17, 15) is 4.39 Å². The van der Waals surface area contributed by atoms with Gasteiger partial charge in [-0.05, 0) is 30.7 Å². The number of nitrogens with zero attached hydrogens (tertiary/aromatic N) is 1. The molecule has 1 nitrogen and oxygen atoms in total. The van der Waals surface area contributed by atoms with Crippen LogP contribution in [-0.4, -0.2) is 14.1 Å². The van der Waals surface area contributed by atoms with E-state index in [2.05, 4.69) is 5.92 Å². The van der Waals surface area contributed by atoms with Gasteiger partial charge in [0.25, 0.3) is 0 Å². The van der Waals surface area contributed by atoms with Crippen LogP contribution in [0.3, 0.4) is 0 Å². The summed E-state index contributed by atoms with van der Waals surface area (Å²) in [5, 5.41) is 0. The first-order valence-corrected chi connectivity index (χ1v) is 4.49. The Morgan fingerprint density at radius 1 is 1.43 bits per heavy atom. The quantitative estimate of drug-likeness (QED) is 0.649. The van der Waals surface area contributed by atoms with Crippen molar-refractivity contribution in [2.24, 2.45) is 0 Å². The molecule has 0 aliphatic carbocycles. The molecule has 0 saturated heterocycles. The molecule has 0 amide bonds. The van der Waals surface area contributed by atoms with Crippen LogP contribution in [0.4, 0.5) is 10.1 Å². The Bertz CT molecular complexity index is 363. The van der Waals surface area contributed by atoms with Crippen molar-refractivity contribution in [1.29, 1.82) is 0 Å². The molecule has 1 atom stereocenters. The van der Waals surface area contributed by atoms with Crippen LogP contribution in [-0.2, 0) is 0 Å². The highest BCUT2D eigenvalue weighted by Crippen LogP contribution is 2.26. The van der Waals surface area contributed by atoms with E-state index in [-0.39, 0.29) is 11.7 Å². The fourth-order valence-corrected chi connectivity index (χ4v) is 1.37. The lowest BCUT2D eigenvalue weighted by Crippen LogP contribution is -2.12. The van der Waals surface area contributed by atoms with Crippen LogP contribution in [0.5, 0.6) is 0 Å². The molecule has 14 heavy (non-hydrogen) atoms. The van der Waals surface area contributed by atoms with Gasteiger partial charge in [-0.15, -0.1) is 6.42 Å². The van der Waals surface area contributed by atoms with Crippen molar-refractivity contribution in [2.75, 3.05) is 19.0 Å². The highest BCUT2D eigenvalue weighted by molar-refractivity contribution is 5.55. The SMILES string of the molecule is C#CC(C)c1cc(F)ccc1N(C)C. The summed E-state index contributed by atoms with van der Waals surface area (Å²) in [5.41, 5.74) is 1.83. The minimum atomic E-state index is -0.243. The molecular weight excluding hydrogens is 177 g/mol. The fraction of sp³-hybridized carbons (Fsp3) is 0.333. The maximum Gasteiger partial charge on any atom is 0.123 e. The van der Waals surface area contributed by atoms with Crippen LogP contribution in [0.2, 0.25) is 0 Å². The molecule has 0 spiro atoms. The number of rotatable bonds is 2. The van der Waals surface area contributed by atoms with Gasteiger partial charge in [-0.25, -0.2) is 4.39 Å². The third kappa shape index (κ3) is 2.05. The molecule has 0 bridgehead atoms. The van der Waals surface area contributed by atoms with Gasteiger partial charge in [0.2, 0.25) is 0 Å². The number of halogens is 1. The van der Waals surface area contributed by atoms with Gasteiger partial charge in [-0.3, -0.25) is 0 Å². The van der Waals surface area contributed by atoms with Gasteiger partial charge in [-0.2, -0.15) is 0 Å². The van der Waals surface area contributed by atoms with Gasteiger partial charge in [0.05, 0.1) is 0 Å². The first-order valence-electron chi connectivity index (χ1n) is 4.49. The van der Waals surface area contributed by atoms with Gasteiger partial charge in [0.1, 0.15) is 5.82 Å². The van der Waals surface area contributed by atoms with Gasteiger partial charge in [-0.1, -0.05) is 5.92 Å². The smallest absolute Gasteiger partial charge is 0.123 e. The molecule has 0 fully saturated rings. The monoisotopic (exact) mass is 191 g/mol. The van der Waals surface area contributed by atoms with Crippen LogP contribution in [0.15, 0.2) is 18.2 Å². The van der Waals surface area contributed by atoms with E-state index in [1.165, 1.54) is 12.1 Å². The molecule has 0 heterocycles. The summed E-state index contributed by atoms with van der Waals surface area (Å²) in [6.07, 6.45) is 5.33. The number of anilines is 1. The lowest BCUT2D eigenvalue weighted by molar-refractivity contribution is 0.625. The number of benzene rings is 1. The van der Waals surface area contributed by atoms with Gasteiger partial charge in [0.15, 0.2) is 0 Å². The lowest BCUT2D eigenvalue weighted by Gasteiger charge is -2.19. The van der Waals surface area contributed by atoms with Crippen LogP contribution in [0.1, 0.15) is 18.4 Å². The number of hydrogen-bond donors (Lipinski definition) is 0. The molecular formula is C12H14FN. The Balaban J connectivity index is 3.24. The second-order valence-electron chi connectivity index (χ2n) is 3.49. The maximum atomic E-state index is 13.0. The molecule has 0 aliphatic heterocycles. The molecule has 1 aromatic carbocycles. The van der Waals surface area contributed by atoms with Crippen LogP contribution >= 0.6 is 0 Å². The van der Waals surface area contributed by atoms with Gasteiger partial charge < -0.3 is 4.90 Å². The third-order valence-corrected chi connectivity index (χ3v) is 2.19. The predicted molar refractivity (Wildman–Crippen MR) is 58.0 cm³/mol. The molecule has 1 rings (SSSR count). The second kappa shape index (κ2) is 4.15. The van der Waals surface area contributed by atoms with Crippen molar-refractivity contribution in [3.63, 3.8) is 0 Å². The predicted octanol–water partition coefficient (Wildman–Crippen LogP) is 2.63. The molecule has 2 heteroatoms. The molecule has 0 saturated carbocycles. The summed E-state index contributed by atoms with van der Waals surface area (Å²) in [6.45, 7) is 1.89. The van der Waals surface area contributed by atoms with Crippen LogP contribution in [0.25, 0.3) is 0 Å².